The van der Waals surface area contributed by atoms with Crippen molar-refractivity contribution in [3.63, 3.8) is 0 Å². The molecule has 2 nitrogen and oxygen atoms in total. The Balaban J connectivity index is 2.03. The van der Waals surface area contributed by atoms with Gasteiger partial charge in [-0.1, -0.05) is 6.58 Å². The summed E-state index contributed by atoms with van der Waals surface area (Å²) in [6.07, 6.45) is -11.8. The lowest BCUT2D eigenvalue weighted by Crippen LogP contribution is -2.60. The first-order valence-corrected chi connectivity index (χ1v) is 6.21. The van der Waals surface area contributed by atoms with Crippen molar-refractivity contribution >= 4 is 0 Å². The highest BCUT2D eigenvalue weighted by Gasteiger charge is 2.84. The van der Waals surface area contributed by atoms with Gasteiger partial charge in [0.25, 0.3) is 5.60 Å². The van der Waals surface area contributed by atoms with Crippen LogP contribution in [0.5, 0.6) is 0 Å². The molecule has 2 saturated carbocycles. The average Bonchev–Trinajstić information content (AvgIpc) is 2.84. The molecule has 3 aliphatic rings. The van der Waals surface area contributed by atoms with E-state index in [1.54, 1.807) is 0 Å². The second-order valence-corrected chi connectivity index (χ2v) is 5.58. The van der Waals surface area contributed by atoms with Crippen LogP contribution in [0.4, 0.5) is 26.3 Å². The first-order valence-electron chi connectivity index (χ1n) is 6.21. The number of ether oxygens (including phenoxy) is 2. The fourth-order valence-corrected chi connectivity index (χ4v) is 4.19. The van der Waals surface area contributed by atoms with Crippen LogP contribution in [0.3, 0.4) is 0 Å². The summed E-state index contributed by atoms with van der Waals surface area (Å²) >= 11 is 0. The summed E-state index contributed by atoms with van der Waals surface area (Å²) in [5.41, 5.74) is -4.05. The molecule has 2 aliphatic carbocycles. The lowest BCUT2D eigenvalue weighted by molar-refractivity contribution is -0.385. The van der Waals surface area contributed by atoms with E-state index in [1.165, 1.54) is 0 Å². The smallest absolute Gasteiger partial charge is 0.426 e. The van der Waals surface area contributed by atoms with Gasteiger partial charge in [0, 0.05) is 5.92 Å². The quantitative estimate of drug-likeness (QED) is 0.575. The Hall–Kier alpha value is -0.920. The maximum absolute atomic E-state index is 13.1. The predicted octanol–water partition coefficient (Wildman–Crippen LogP) is 3.43. The minimum Gasteiger partial charge on any atom is -0.496 e. The van der Waals surface area contributed by atoms with Gasteiger partial charge in [0.15, 0.2) is 0 Å². The van der Waals surface area contributed by atoms with E-state index in [2.05, 4.69) is 11.3 Å². The van der Waals surface area contributed by atoms with Gasteiger partial charge in [0.05, 0.1) is 12.4 Å². The molecule has 114 valence electrons. The summed E-state index contributed by atoms with van der Waals surface area (Å²) in [4.78, 5) is 0. The summed E-state index contributed by atoms with van der Waals surface area (Å²) in [5, 5.41) is 0. The first-order chi connectivity index (χ1) is 9.13. The van der Waals surface area contributed by atoms with Crippen molar-refractivity contribution in [2.24, 2.45) is 17.8 Å². The number of hydrogen-bond acceptors (Lipinski definition) is 2. The molecular formula is C12H12F6O2. The van der Waals surface area contributed by atoms with Crippen LogP contribution in [0, 0.1) is 17.8 Å². The zero-order chi connectivity index (χ0) is 14.9. The van der Waals surface area contributed by atoms with Gasteiger partial charge < -0.3 is 9.47 Å². The van der Waals surface area contributed by atoms with Gasteiger partial charge in [0.2, 0.25) is 0 Å². The Labute approximate surface area is 110 Å². The van der Waals surface area contributed by atoms with Crippen molar-refractivity contribution in [3.05, 3.63) is 12.8 Å². The van der Waals surface area contributed by atoms with Gasteiger partial charge in [-0.25, -0.2) is 0 Å². The SMILES string of the molecule is C=COC1C2OC(C(F)(F)F)(C(F)(F)F)C3C[C@H]1C[C@H]23. The molecule has 0 aromatic heterocycles. The standard InChI is InChI=1S/C12H12F6O2/c1-2-19-8-5-3-6-7(4-5)10(11(13,14)15,12(16,17)18)20-9(6)8/h2,5-9H,1,3-4H2/t5-,6+,7?,8?,9?/m1/s1. The van der Waals surface area contributed by atoms with E-state index in [0.717, 1.165) is 6.26 Å². The lowest BCUT2D eigenvalue weighted by atomic mass is 9.77. The van der Waals surface area contributed by atoms with Gasteiger partial charge in [-0.2, -0.15) is 26.3 Å². The van der Waals surface area contributed by atoms with Crippen LogP contribution in [0.2, 0.25) is 0 Å². The van der Waals surface area contributed by atoms with Crippen LogP contribution in [-0.4, -0.2) is 30.2 Å². The molecule has 5 atom stereocenters. The predicted molar refractivity (Wildman–Crippen MR) is 54.5 cm³/mol. The number of alkyl halides is 6. The summed E-state index contributed by atoms with van der Waals surface area (Å²) < 4.78 is 88.6. The molecular weight excluding hydrogens is 290 g/mol. The van der Waals surface area contributed by atoms with Crippen LogP contribution in [0.25, 0.3) is 0 Å². The van der Waals surface area contributed by atoms with Gasteiger partial charge >= 0.3 is 12.4 Å². The molecule has 0 radical (unpaired) electrons. The van der Waals surface area contributed by atoms with Crippen LogP contribution < -0.4 is 0 Å². The highest BCUT2D eigenvalue weighted by Crippen LogP contribution is 2.68. The maximum atomic E-state index is 13.1. The second kappa shape index (κ2) is 3.84. The molecule has 2 bridgehead atoms. The fourth-order valence-electron chi connectivity index (χ4n) is 4.19. The molecule has 3 unspecified atom stereocenters. The largest absolute Gasteiger partial charge is 0.496 e. The Kier molecular flexibility index (Phi) is 2.69. The zero-order valence-corrected chi connectivity index (χ0v) is 10.2. The van der Waals surface area contributed by atoms with Gasteiger partial charge in [-0.3, -0.25) is 0 Å². The summed E-state index contributed by atoms with van der Waals surface area (Å²) in [7, 11) is 0. The molecule has 0 N–H and O–H groups in total. The second-order valence-electron chi connectivity index (χ2n) is 5.58. The first kappa shape index (κ1) is 14.0. The van der Waals surface area contributed by atoms with E-state index >= 15 is 0 Å². The van der Waals surface area contributed by atoms with E-state index in [0.29, 0.717) is 0 Å². The molecule has 3 fully saturated rings. The normalized spacial score (nSPS) is 42.0. The van der Waals surface area contributed by atoms with Crippen molar-refractivity contribution in [1.82, 2.24) is 0 Å². The third-order valence-corrected chi connectivity index (χ3v) is 4.80. The van der Waals surface area contributed by atoms with Crippen molar-refractivity contribution in [1.29, 1.82) is 0 Å². The van der Waals surface area contributed by atoms with Crippen molar-refractivity contribution < 1.29 is 35.8 Å². The van der Waals surface area contributed by atoms with Crippen LogP contribution in [0.15, 0.2) is 12.8 Å². The van der Waals surface area contributed by atoms with E-state index in [-0.39, 0.29) is 18.8 Å². The van der Waals surface area contributed by atoms with Gasteiger partial charge in [0.1, 0.15) is 6.10 Å². The summed E-state index contributed by atoms with van der Waals surface area (Å²) in [5.74, 6) is -2.66. The minimum absolute atomic E-state index is 0.182. The molecule has 1 saturated heterocycles. The fraction of sp³-hybridized carbons (Fsp3) is 0.833. The molecule has 1 aliphatic heterocycles. The molecule has 1 heterocycles. The van der Waals surface area contributed by atoms with E-state index in [1.807, 2.05) is 0 Å². The number of fused-ring (bicyclic) bond motifs is 1. The highest BCUT2D eigenvalue weighted by atomic mass is 19.4. The minimum atomic E-state index is -5.49. The third-order valence-electron chi connectivity index (χ3n) is 4.80. The topological polar surface area (TPSA) is 18.5 Å². The van der Waals surface area contributed by atoms with Crippen molar-refractivity contribution in [2.45, 2.75) is 43.0 Å². The van der Waals surface area contributed by atoms with Crippen LogP contribution in [0.1, 0.15) is 12.8 Å². The molecule has 20 heavy (non-hydrogen) atoms. The highest BCUT2D eigenvalue weighted by molar-refractivity contribution is 5.19. The molecule has 0 spiro atoms. The van der Waals surface area contributed by atoms with E-state index in [9.17, 15) is 26.3 Å². The third kappa shape index (κ3) is 1.46. The van der Waals surface area contributed by atoms with E-state index < -0.39 is 42.0 Å². The number of rotatable bonds is 2. The Morgan fingerprint density at radius 3 is 2.20 bits per heavy atom. The van der Waals surface area contributed by atoms with Gasteiger partial charge in [-0.05, 0) is 24.7 Å². The van der Waals surface area contributed by atoms with Crippen LogP contribution in [-0.2, 0) is 9.47 Å². The van der Waals surface area contributed by atoms with Crippen LogP contribution >= 0.6 is 0 Å². The monoisotopic (exact) mass is 302 g/mol. The van der Waals surface area contributed by atoms with Gasteiger partial charge in [-0.15, -0.1) is 0 Å². The molecule has 0 amide bonds. The Morgan fingerprint density at radius 1 is 1.10 bits per heavy atom. The summed E-state index contributed by atoms with van der Waals surface area (Å²) in [6, 6.07) is 0. The Morgan fingerprint density at radius 2 is 1.70 bits per heavy atom. The Bertz CT molecular complexity index is 415. The maximum Gasteiger partial charge on any atom is 0.426 e. The summed E-state index contributed by atoms with van der Waals surface area (Å²) in [6.45, 7) is 3.30. The van der Waals surface area contributed by atoms with Crippen molar-refractivity contribution in [2.75, 3.05) is 0 Å². The molecule has 8 heteroatoms. The van der Waals surface area contributed by atoms with E-state index in [4.69, 9.17) is 4.74 Å². The number of hydrogen-bond donors (Lipinski definition) is 0. The number of halogens is 6. The van der Waals surface area contributed by atoms with Crippen molar-refractivity contribution in [3.8, 4) is 0 Å². The lowest BCUT2D eigenvalue weighted by Gasteiger charge is -2.36. The zero-order valence-electron chi connectivity index (χ0n) is 10.2. The molecule has 0 aromatic carbocycles. The molecule has 3 rings (SSSR count). The average molecular weight is 302 g/mol. The molecule has 0 aromatic rings.